The lowest BCUT2D eigenvalue weighted by atomic mass is 10.0. The minimum absolute atomic E-state index is 0.354. The van der Waals surface area contributed by atoms with Gasteiger partial charge in [0.25, 0.3) is 0 Å². The Bertz CT molecular complexity index is 262. The molecule has 1 heterocycles. The zero-order valence-electron chi connectivity index (χ0n) is 12.9. The van der Waals surface area contributed by atoms with Gasteiger partial charge in [0.1, 0.15) is 6.10 Å². The molecule has 0 unspecified atom stereocenters. The summed E-state index contributed by atoms with van der Waals surface area (Å²) in [6.45, 7) is 2.28. The lowest BCUT2D eigenvalue weighted by Gasteiger charge is -2.02. The van der Waals surface area contributed by atoms with E-state index in [9.17, 15) is 0 Å². The highest BCUT2D eigenvalue weighted by Crippen LogP contribution is 2.31. The van der Waals surface area contributed by atoms with Gasteiger partial charge in [0.2, 0.25) is 0 Å². The second-order valence-corrected chi connectivity index (χ2v) is 8.69. The molecule has 118 valence electrons. The van der Waals surface area contributed by atoms with Gasteiger partial charge in [0.05, 0.1) is 9.50 Å². The van der Waals surface area contributed by atoms with Crippen molar-refractivity contribution in [3.8, 4) is 0 Å². The monoisotopic (exact) mass is 408 g/mol. The average molecular weight is 410 g/mol. The summed E-state index contributed by atoms with van der Waals surface area (Å²) in [5.41, 5.74) is 0. The van der Waals surface area contributed by atoms with Crippen LogP contribution >= 0.6 is 31.9 Å². The lowest BCUT2D eigenvalue weighted by molar-refractivity contribution is 0.372. The fourth-order valence-corrected chi connectivity index (χ4v) is 3.19. The fourth-order valence-electron chi connectivity index (χ4n) is 2.67. The summed E-state index contributed by atoms with van der Waals surface area (Å²) in [5.74, 6) is 0. The number of halogens is 2. The first-order valence-electron chi connectivity index (χ1n) is 8.42. The highest BCUT2D eigenvalue weighted by Gasteiger charge is 2.35. The molecule has 0 aromatic rings. The first-order valence-corrected chi connectivity index (χ1v) is 10.0. The number of unbranched alkanes of at least 4 members (excludes halogenated alkanes) is 10. The van der Waals surface area contributed by atoms with Crippen LogP contribution in [-0.2, 0) is 4.74 Å². The van der Waals surface area contributed by atoms with Gasteiger partial charge in [-0.05, 0) is 44.4 Å². The van der Waals surface area contributed by atoms with Crippen molar-refractivity contribution in [2.45, 2.75) is 96.2 Å². The molecule has 1 nitrogen and oxygen atoms in total. The molecule has 20 heavy (non-hydrogen) atoms. The Morgan fingerprint density at radius 1 is 0.850 bits per heavy atom. The maximum Gasteiger partial charge on any atom is 0.104 e. The van der Waals surface area contributed by atoms with E-state index in [1.54, 1.807) is 0 Å². The number of hydrogen-bond donors (Lipinski definition) is 0. The van der Waals surface area contributed by atoms with Crippen LogP contribution in [-0.4, -0.2) is 12.2 Å². The van der Waals surface area contributed by atoms with Gasteiger partial charge in [-0.2, -0.15) is 0 Å². The van der Waals surface area contributed by atoms with E-state index in [1.165, 1.54) is 77.0 Å². The largest absolute Gasteiger partial charge is 0.365 e. The topological polar surface area (TPSA) is 12.5 Å². The van der Waals surface area contributed by atoms with E-state index < -0.39 is 0 Å². The Hall–Kier alpha value is 0.660. The van der Waals surface area contributed by atoms with Gasteiger partial charge in [-0.3, -0.25) is 0 Å². The summed E-state index contributed by atoms with van der Waals surface area (Å²) in [6.07, 6.45) is 19.7. The summed E-state index contributed by atoms with van der Waals surface area (Å²) in [7, 11) is 0. The molecule has 0 radical (unpaired) electrons. The van der Waals surface area contributed by atoms with Crippen LogP contribution in [0.15, 0.2) is 9.47 Å². The third-order valence-corrected chi connectivity index (χ3v) is 4.53. The highest BCUT2D eigenvalue weighted by molar-refractivity contribution is 9.28. The van der Waals surface area contributed by atoms with Crippen LogP contribution in [0.4, 0.5) is 0 Å². The number of hydrogen-bond acceptors (Lipinski definition) is 1. The smallest absolute Gasteiger partial charge is 0.104 e. The van der Waals surface area contributed by atoms with Gasteiger partial charge >= 0.3 is 0 Å². The summed E-state index contributed by atoms with van der Waals surface area (Å²) in [5, 5.41) is 0. The summed E-state index contributed by atoms with van der Waals surface area (Å²) in [4.78, 5) is 0. The molecule has 0 aromatic carbocycles. The van der Waals surface area contributed by atoms with Gasteiger partial charge in [0, 0.05) is 0 Å². The molecule has 0 saturated carbocycles. The molecule has 0 N–H and O–H groups in total. The molecular weight excluding hydrogens is 380 g/mol. The third kappa shape index (κ3) is 10.4. The molecule has 1 saturated heterocycles. The minimum Gasteiger partial charge on any atom is -0.365 e. The zero-order valence-corrected chi connectivity index (χ0v) is 16.1. The minimum atomic E-state index is 0.354. The predicted molar refractivity (Wildman–Crippen MR) is 95.7 cm³/mol. The van der Waals surface area contributed by atoms with Gasteiger partial charge in [-0.1, -0.05) is 77.6 Å². The Morgan fingerprint density at radius 3 is 1.85 bits per heavy atom. The molecule has 0 aromatic heterocycles. The van der Waals surface area contributed by atoms with Crippen LogP contribution < -0.4 is 0 Å². The fraction of sp³-hybridized carbons (Fsp3) is 0.882. The van der Waals surface area contributed by atoms with E-state index in [0.29, 0.717) is 12.2 Å². The third-order valence-electron chi connectivity index (χ3n) is 4.00. The van der Waals surface area contributed by atoms with Gasteiger partial charge in [0.15, 0.2) is 0 Å². The summed E-state index contributed by atoms with van der Waals surface area (Å²) < 4.78 is 6.59. The maximum absolute atomic E-state index is 5.58. The molecule has 1 aliphatic heterocycles. The Morgan fingerprint density at radius 2 is 1.35 bits per heavy atom. The van der Waals surface area contributed by atoms with Crippen molar-refractivity contribution in [2.75, 3.05) is 0 Å². The average Bonchev–Trinajstić information content (AvgIpc) is 3.13. The number of ether oxygens (including phenoxy) is 1. The van der Waals surface area contributed by atoms with E-state index in [-0.39, 0.29) is 0 Å². The molecule has 0 spiro atoms. The molecule has 0 bridgehead atoms. The molecule has 1 rings (SSSR count). The Labute approximate surface area is 142 Å². The normalized spacial score (nSPS) is 20.9. The summed E-state index contributed by atoms with van der Waals surface area (Å²) >= 11 is 6.75. The SMILES string of the molecule is CCCCCCCCCCCCC[C@@H]1O[C@H]1C=C(Br)Br. The van der Waals surface area contributed by atoms with Crippen molar-refractivity contribution < 1.29 is 4.74 Å². The van der Waals surface area contributed by atoms with Crippen molar-refractivity contribution in [1.29, 1.82) is 0 Å². The Kier molecular flexibility index (Phi) is 11.4. The Balaban J connectivity index is 1.75. The van der Waals surface area contributed by atoms with E-state index in [2.05, 4.69) is 44.9 Å². The molecule has 0 aliphatic carbocycles. The second-order valence-electron chi connectivity index (χ2n) is 5.92. The van der Waals surface area contributed by atoms with Crippen molar-refractivity contribution in [1.82, 2.24) is 0 Å². The molecule has 1 aliphatic rings. The van der Waals surface area contributed by atoms with Crippen LogP contribution in [0.2, 0.25) is 0 Å². The van der Waals surface area contributed by atoms with E-state index in [4.69, 9.17) is 4.74 Å². The van der Waals surface area contributed by atoms with Crippen LogP contribution in [0.5, 0.6) is 0 Å². The molecule has 3 heteroatoms. The van der Waals surface area contributed by atoms with Crippen LogP contribution in [0.3, 0.4) is 0 Å². The van der Waals surface area contributed by atoms with Crippen molar-refractivity contribution in [3.63, 3.8) is 0 Å². The molecule has 1 fully saturated rings. The quantitative estimate of drug-likeness (QED) is 0.233. The van der Waals surface area contributed by atoms with Crippen molar-refractivity contribution in [3.05, 3.63) is 9.47 Å². The molecular formula is C17H30Br2O. The van der Waals surface area contributed by atoms with E-state index >= 15 is 0 Å². The first-order chi connectivity index (χ1) is 9.74. The number of epoxide rings is 1. The molecule has 0 amide bonds. The van der Waals surface area contributed by atoms with Gasteiger partial charge in [-0.15, -0.1) is 0 Å². The van der Waals surface area contributed by atoms with Crippen LogP contribution in [0.25, 0.3) is 0 Å². The highest BCUT2D eigenvalue weighted by atomic mass is 79.9. The van der Waals surface area contributed by atoms with Crippen molar-refractivity contribution in [2.24, 2.45) is 0 Å². The predicted octanol–water partition coefficient (Wildman–Crippen LogP) is 7.09. The number of rotatable bonds is 13. The van der Waals surface area contributed by atoms with Gasteiger partial charge < -0.3 is 4.74 Å². The summed E-state index contributed by atoms with van der Waals surface area (Å²) in [6, 6.07) is 0. The van der Waals surface area contributed by atoms with Crippen LogP contribution in [0.1, 0.15) is 84.0 Å². The van der Waals surface area contributed by atoms with E-state index in [0.717, 1.165) is 3.39 Å². The first kappa shape index (κ1) is 18.7. The van der Waals surface area contributed by atoms with Crippen LogP contribution in [0, 0.1) is 0 Å². The lowest BCUT2D eigenvalue weighted by Crippen LogP contribution is -1.91. The molecule has 2 atom stereocenters. The van der Waals surface area contributed by atoms with Crippen molar-refractivity contribution >= 4 is 31.9 Å². The van der Waals surface area contributed by atoms with Gasteiger partial charge in [-0.25, -0.2) is 0 Å². The van der Waals surface area contributed by atoms with E-state index in [1.807, 2.05) is 0 Å². The maximum atomic E-state index is 5.58. The zero-order chi connectivity index (χ0) is 14.6. The second kappa shape index (κ2) is 12.2. The standard InChI is InChI=1S/C17H30Br2O/c1-2-3-4-5-6-7-8-9-10-11-12-13-15-16(20-15)14-17(18)19/h14-16H,2-13H2,1H3/t15-,16-/m0/s1.